The Morgan fingerprint density at radius 2 is 2.10 bits per heavy atom. The van der Waals surface area contributed by atoms with Gasteiger partial charge >= 0.3 is 0 Å². The summed E-state index contributed by atoms with van der Waals surface area (Å²) < 4.78 is 5.11. The second-order valence-electron chi connectivity index (χ2n) is 5.34. The van der Waals surface area contributed by atoms with Crippen LogP contribution in [0.25, 0.3) is 0 Å². The van der Waals surface area contributed by atoms with Gasteiger partial charge in [0.2, 0.25) is 0 Å². The fourth-order valence-corrected chi connectivity index (χ4v) is 3.23. The lowest BCUT2D eigenvalue weighted by Crippen LogP contribution is -2.29. The van der Waals surface area contributed by atoms with Gasteiger partial charge in [0, 0.05) is 16.6 Å². The molecule has 110 valence electrons. The third kappa shape index (κ3) is 3.24. The van der Waals surface area contributed by atoms with Gasteiger partial charge in [0.05, 0.1) is 13.2 Å². The maximum atomic E-state index is 12.4. The van der Waals surface area contributed by atoms with Crippen molar-refractivity contribution in [3.8, 4) is 5.75 Å². The molecule has 1 aliphatic rings. The van der Waals surface area contributed by atoms with E-state index in [4.69, 9.17) is 4.74 Å². The van der Waals surface area contributed by atoms with Gasteiger partial charge in [0.1, 0.15) is 10.8 Å². The summed E-state index contributed by atoms with van der Waals surface area (Å²) in [5.41, 5.74) is 1.66. The quantitative estimate of drug-likeness (QED) is 0.921. The summed E-state index contributed by atoms with van der Waals surface area (Å²) in [7, 11) is 1.61. The van der Waals surface area contributed by atoms with Crippen LogP contribution in [-0.4, -0.2) is 18.0 Å². The lowest BCUT2D eigenvalue weighted by Gasteiger charge is -2.16. The maximum Gasteiger partial charge on any atom is 0.251 e. The molecule has 21 heavy (non-hydrogen) atoms. The van der Waals surface area contributed by atoms with Gasteiger partial charge in [-0.25, -0.2) is 4.98 Å². The smallest absolute Gasteiger partial charge is 0.251 e. The number of thiazole rings is 1. The average molecular weight is 302 g/mol. The molecule has 1 atom stereocenters. The minimum Gasteiger partial charge on any atom is -0.497 e. The second kappa shape index (κ2) is 5.85. The Kier molecular flexibility index (Phi) is 3.92. The molecule has 0 bridgehead atoms. The number of nitrogens with zero attached hydrogens (tertiary/aromatic N) is 1. The van der Waals surface area contributed by atoms with Gasteiger partial charge in [0.25, 0.3) is 5.91 Å². The Morgan fingerprint density at radius 1 is 1.38 bits per heavy atom. The minimum absolute atomic E-state index is 0.0401. The first kappa shape index (κ1) is 14.1. The van der Waals surface area contributed by atoms with E-state index in [1.807, 2.05) is 12.3 Å². The van der Waals surface area contributed by atoms with Crippen LogP contribution >= 0.6 is 11.3 Å². The summed E-state index contributed by atoms with van der Waals surface area (Å²) in [5.74, 6) is 1.22. The monoisotopic (exact) mass is 302 g/mol. The summed E-state index contributed by atoms with van der Waals surface area (Å²) in [4.78, 5) is 16.9. The highest BCUT2D eigenvalue weighted by Crippen LogP contribution is 2.42. The third-order valence-corrected chi connectivity index (χ3v) is 4.68. The van der Waals surface area contributed by atoms with Gasteiger partial charge in [-0.3, -0.25) is 4.79 Å². The molecule has 1 aliphatic carbocycles. The zero-order chi connectivity index (χ0) is 14.8. The van der Waals surface area contributed by atoms with Crippen LogP contribution in [0.3, 0.4) is 0 Å². The number of hydrogen-bond acceptors (Lipinski definition) is 4. The third-order valence-electron chi connectivity index (χ3n) is 3.64. The van der Waals surface area contributed by atoms with E-state index in [1.54, 1.807) is 42.7 Å². The molecule has 1 unspecified atom stereocenters. The Balaban J connectivity index is 1.74. The Morgan fingerprint density at radius 3 is 2.62 bits per heavy atom. The first-order valence-corrected chi connectivity index (χ1v) is 7.92. The van der Waals surface area contributed by atoms with Gasteiger partial charge in [-0.15, -0.1) is 11.3 Å². The number of rotatable bonds is 5. The van der Waals surface area contributed by atoms with E-state index in [1.165, 1.54) is 0 Å². The van der Waals surface area contributed by atoms with Crippen molar-refractivity contribution in [3.63, 3.8) is 0 Å². The van der Waals surface area contributed by atoms with E-state index in [9.17, 15) is 4.79 Å². The summed E-state index contributed by atoms with van der Waals surface area (Å²) in [6, 6.07) is 7.21. The largest absolute Gasteiger partial charge is 0.497 e. The van der Waals surface area contributed by atoms with Crippen molar-refractivity contribution in [2.24, 2.45) is 5.92 Å². The van der Waals surface area contributed by atoms with E-state index in [2.05, 4.69) is 10.3 Å². The molecule has 3 rings (SSSR count). The van der Waals surface area contributed by atoms with Crippen LogP contribution in [0, 0.1) is 12.8 Å². The summed E-state index contributed by atoms with van der Waals surface area (Å²) in [6.07, 6.45) is 2.32. The van der Waals surface area contributed by atoms with Crippen LogP contribution in [0.15, 0.2) is 29.6 Å². The zero-order valence-electron chi connectivity index (χ0n) is 12.1. The highest BCUT2D eigenvalue weighted by atomic mass is 32.1. The molecule has 2 aromatic rings. The number of aromatic nitrogens is 1. The van der Waals surface area contributed by atoms with Crippen molar-refractivity contribution in [2.45, 2.75) is 25.8 Å². The summed E-state index contributed by atoms with van der Waals surface area (Å²) in [5, 5.41) is 6.17. The zero-order valence-corrected chi connectivity index (χ0v) is 12.9. The van der Waals surface area contributed by atoms with Gasteiger partial charge < -0.3 is 10.1 Å². The number of methoxy groups -OCH3 is 1. The van der Waals surface area contributed by atoms with Crippen LogP contribution < -0.4 is 10.1 Å². The highest BCUT2D eigenvalue weighted by Gasteiger charge is 2.35. The first-order valence-electron chi connectivity index (χ1n) is 7.04. The Labute approximate surface area is 128 Å². The number of benzene rings is 1. The highest BCUT2D eigenvalue weighted by molar-refractivity contribution is 7.09. The number of carbonyl (C=O) groups excluding carboxylic acids is 1. The lowest BCUT2D eigenvalue weighted by atomic mass is 10.1. The number of aryl methyl sites for hydroxylation is 1. The fourth-order valence-electron chi connectivity index (χ4n) is 2.29. The molecule has 1 fully saturated rings. The normalized spacial score (nSPS) is 15.5. The molecule has 0 saturated heterocycles. The fraction of sp³-hybridized carbons (Fsp3) is 0.375. The molecule has 0 aliphatic heterocycles. The SMILES string of the molecule is COc1ccc(C(=O)NC(c2nc(C)cs2)C2CC2)cc1. The van der Waals surface area contributed by atoms with E-state index >= 15 is 0 Å². The molecule has 0 spiro atoms. The molecule has 4 nitrogen and oxygen atoms in total. The minimum atomic E-state index is -0.0533. The van der Waals surface area contributed by atoms with Gasteiger partial charge in [-0.05, 0) is 49.9 Å². The van der Waals surface area contributed by atoms with E-state index in [0.29, 0.717) is 11.5 Å². The van der Waals surface area contributed by atoms with Gasteiger partial charge in [0.15, 0.2) is 0 Å². The molecule has 1 aromatic heterocycles. The topological polar surface area (TPSA) is 51.2 Å². The lowest BCUT2D eigenvalue weighted by molar-refractivity contribution is 0.0931. The molecule has 5 heteroatoms. The van der Waals surface area contributed by atoms with Crippen LogP contribution in [0.1, 0.15) is 39.9 Å². The van der Waals surface area contributed by atoms with Crippen molar-refractivity contribution < 1.29 is 9.53 Å². The van der Waals surface area contributed by atoms with Crippen molar-refractivity contribution in [2.75, 3.05) is 7.11 Å². The maximum absolute atomic E-state index is 12.4. The molecule has 1 heterocycles. The van der Waals surface area contributed by atoms with Gasteiger partial charge in [-0.2, -0.15) is 0 Å². The molecular formula is C16H18N2O2S. The molecule has 1 N–H and O–H groups in total. The van der Waals surface area contributed by atoms with Gasteiger partial charge in [-0.1, -0.05) is 0 Å². The average Bonchev–Trinajstić information content (AvgIpc) is 3.26. The predicted octanol–water partition coefficient (Wildman–Crippen LogP) is 3.34. The first-order chi connectivity index (χ1) is 10.2. The standard InChI is InChI=1S/C16H18N2O2S/c1-10-9-21-16(17-10)14(11-3-4-11)18-15(19)12-5-7-13(20-2)8-6-12/h5-9,11,14H,3-4H2,1-2H3,(H,18,19). The number of nitrogens with one attached hydrogen (secondary N) is 1. The van der Waals surface area contributed by atoms with Crippen molar-refractivity contribution in [1.29, 1.82) is 0 Å². The van der Waals surface area contributed by atoms with E-state index in [-0.39, 0.29) is 11.9 Å². The van der Waals surface area contributed by atoms with Crippen LogP contribution in [0.4, 0.5) is 0 Å². The second-order valence-corrected chi connectivity index (χ2v) is 6.23. The van der Waals surface area contributed by atoms with Crippen LogP contribution in [0.2, 0.25) is 0 Å². The molecule has 1 aromatic carbocycles. The Hall–Kier alpha value is -1.88. The van der Waals surface area contributed by atoms with E-state index in [0.717, 1.165) is 29.3 Å². The Bertz CT molecular complexity index is 632. The number of carbonyl (C=O) groups is 1. The molecule has 0 radical (unpaired) electrons. The summed E-state index contributed by atoms with van der Waals surface area (Å²) in [6.45, 7) is 1.98. The molecular weight excluding hydrogens is 284 g/mol. The van der Waals surface area contributed by atoms with Crippen molar-refractivity contribution >= 4 is 17.2 Å². The number of ether oxygens (including phenoxy) is 1. The van der Waals surface area contributed by atoms with Crippen LogP contribution in [-0.2, 0) is 0 Å². The van der Waals surface area contributed by atoms with E-state index < -0.39 is 0 Å². The van der Waals surface area contributed by atoms with Crippen LogP contribution in [0.5, 0.6) is 5.75 Å². The van der Waals surface area contributed by atoms with Crippen molar-refractivity contribution in [3.05, 3.63) is 45.9 Å². The summed E-state index contributed by atoms with van der Waals surface area (Å²) >= 11 is 1.62. The number of amides is 1. The predicted molar refractivity (Wildman–Crippen MR) is 82.8 cm³/mol. The van der Waals surface area contributed by atoms with Crippen molar-refractivity contribution in [1.82, 2.24) is 10.3 Å². The molecule has 1 amide bonds. The molecule has 1 saturated carbocycles. The number of hydrogen-bond donors (Lipinski definition) is 1.